The van der Waals surface area contributed by atoms with E-state index >= 15 is 0 Å². The Morgan fingerprint density at radius 1 is 0.880 bits per heavy atom. The first-order valence-corrected chi connectivity index (χ1v) is 10.9. The van der Waals surface area contributed by atoms with Gasteiger partial charge >= 0.3 is 0 Å². The van der Waals surface area contributed by atoms with Crippen molar-refractivity contribution in [2.45, 2.75) is 103 Å². The van der Waals surface area contributed by atoms with Gasteiger partial charge in [0.1, 0.15) is 0 Å². The quantitative estimate of drug-likeness (QED) is 0.284. The number of aliphatic hydroxyl groups is 1. The predicted octanol–water partition coefficient (Wildman–Crippen LogP) is 5.49. The van der Waals surface area contributed by atoms with Crippen molar-refractivity contribution in [3.05, 3.63) is 12.8 Å². The Balaban J connectivity index is 3.17. The van der Waals surface area contributed by atoms with E-state index in [0.717, 1.165) is 32.5 Å². The van der Waals surface area contributed by atoms with E-state index in [-0.39, 0.29) is 6.10 Å². The number of nitrogens with zero attached hydrogens (tertiary/aromatic N) is 1. The molecular weight excluding hydrogens is 308 g/mol. The minimum Gasteiger partial charge on any atom is -0.392 e. The molecule has 0 saturated carbocycles. The first kappa shape index (κ1) is 24.5. The lowest BCUT2D eigenvalue weighted by atomic mass is 10.0. The van der Waals surface area contributed by atoms with Crippen molar-refractivity contribution in [3.8, 4) is 0 Å². The van der Waals surface area contributed by atoms with E-state index < -0.39 is 0 Å². The van der Waals surface area contributed by atoms with E-state index in [0.29, 0.717) is 0 Å². The fraction of sp³-hybridized carbons (Fsp3) is 0.909. The maximum Gasteiger partial charge on any atom is 0.0664 e. The summed E-state index contributed by atoms with van der Waals surface area (Å²) < 4.78 is 0. The van der Waals surface area contributed by atoms with E-state index in [4.69, 9.17) is 0 Å². The van der Waals surface area contributed by atoms with Gasteiger partial charge < -0.3 is 15.3 Å². The van der Waals surface area contributed by atoms with E-state index in [9.17, 15) is 5.11 Å². The van der Waals surface area contributed by atoms with Crippen LogP contribution in [0.3, 0.4) is 0 Å². The van der Waals surface area contributed by atoms with Gasteiger partial charge in [0.05, 0.1) is 6.10 Å². The Hall–Kier alpha value is -0.540. The summed E-state index contributed by atoms with van der Waals surface area (Å²) in [5, 5.41) is 13.3. The van der Waals surface area contributed by atoms with Gasteiger partial charge in [-0.25, -0.2) is 0 Å². The molecule has 0 rings (SSSR count). The number of nitrogens with one attached hydrogen (secondary N) is 1. The Labute approximate surface area is 158 Å². The summed E-state index contributed by atoms with van der Waals surface area (Å²) in [6, 6.07) is 0. The molecular formula is C22H46N2O. The first-order valence-electron chi connectivity index (χ1n) is 10.9. The molecule has 0 aromatic heterocycles. The average molecular weight is 355 g/mol. The van der Waals surface area contributed by atoms with Crippen LogP contribution in [0.25, 0.3) is 0 Å². The summed E-state index contributed by atoms with van der Waals surface area (Å²) >= 11 is 0. The Kier molecular flexibility index (Phi) is 19.4. The number of rotatable bonds is 20. The van der Waals surface area contributed by atoms with Crippen LogP contribution >= 0.6 is 0 Å². The van der Waals surface area contributed by atoms with Crippen molar-refractivity contribution in [2.24, 2.45) is 0 Å². The predicted molar refractivity (Wildman–Crippen MR) is 112 cm³/mol. The van der Waals surface area contributed by atoms with Crippen LogP contribution in [0, 0.1) is 0 Å². The Morgan fingerprint density at radius 2 is 1.40 bits per heavy atom. The van der Waals surface area contributed by atoms with Crippen molar-refractivity contribution in [2.75, 3.05) is 26.7 Å². The molecule has 150 valence electrons. The number of aliphatic hydroxyl groups excluding tert-OH is 1. The molecule has 2 N–H and O–H groups in total. The highest BCUT2D eigenvalue weighted by Crippen LogP contribution is 2.12. The third kappa shape index (κ3) is 19.6. The molecule has 3 heteroatoms. The van der Waals surface area contributed by atoms with Crippen LogP contribution in [0.4, 0.5) is 0 Å². The standard InChI is InChI=1S/C22H46N2O/c1-4-6-7-8-9-10-11-12-13-14-15-16-18-22(25)21-23-19-17-20-24(3)5-2/h5,22-23,25H,2,4,6-21H2,1,3H3. The molecule has 1 atom stereocenters. The van der Waals surface area contributed by atoms with E-state index in [2.05, 4.69) is 23.7 Å². The van der Waals surface area contributed by atoms with Crippen LogP contribution in [-0.4, -0.2) is 42.8 Å². The molecule has 25 heavy (non-hydrogen) atoms. The monoisotopic (exact) mass is 354 g/mol. The molecule has 0 amide bonds. The van der Waals surface area contributed by atoms with E-state index in [1.807, 2.05) is 13.2 Å². The third-order valence-electron chi connectivity index (χ3n) is 4.95. The molecule has 0 aromatic carbocycles. The minimum atomic E-state index is -0.180. The summed E-state index contributed by atoms with van der Waals surface area (Å²) in [7, 11) is 2.04. The van der Waals surface area contributed by atoms with Crippen LogP contribution in [0.2, 0.25) is 0 Å². The summed E-state index contributed by atoms with van der Waals surface area (Å²) in [6.45, 7) is 8.73. The zero-order valence-electron chi connectivity index (χ0n) is 17.3. The van der Waals surface area contributed by atoms with Gasteiger partial charge in [-0.05, 0) is 25.6 Å². The highest BCUT2D eigenvalue weighted by molar-refractivity contribution is 4.67. The second-order valence-corrected chi connectivity index (χ2v) is 7.55. The highest BCUT2D eigenvalue weighted by atomic mass is 16.3. The summed E-state index contributed by atoms with van der Waals surface area (Å²) in [5.41, 5.74) is 0. The lowest BCUT2D eigenvalue weighted by Crippen LogP contribution is -2.29. The molecule has 0 fully saturated rings. The second-order valence-electron chi connectivity index (χ2n) is 7.55. The fourth-order valence-electron chi connectivity index (χ4n) is 3.14. The van der Waals surface area contributed by atoms with Crippen LogP contribution in [0.5, 0.6) is 0 Å². The van der Waals surface area contributed by atoms with Gasteiger partial charge in [0, 0.05) is 20.1 Å². The van der Waals surface area contributed by atoms with Crippen LogP contribution in [0.15, 0.2) is 12.8 Å². The lowest BCUT2D eigenvalue weighted by Gasteiger charge is -2.14. The molecule has 0 saturated heterocycles. The van der Waals surface area contributed by atoms with Gasteiger partial charge in [0.25, 0.3) is 0 Å². The molecule has 0 aromatic rings. The van der Waals surface area contributed by atoms with Gasteiger partial charge in [-0.1, -0.05) is 90.6 Å². The van der Waals surface area contributed by atoms with Crippen molar-refractivity contribution in [3.63, 3.8) is 0 Å². The van der Waals surface area contributed by atoms with E-state index in [1.54, 1.807) is 0 Å². The number of unbranched alkanes of at least 4 members (excludes halogenated alkanes) is 11. The van der Waals surface area contributed by atoms with Crippen LogP contribution < -0.4 is 5.32 Å². The lowest BCUT2D eigenvalue weighted by molar-refractivity contribution is 0.157. The molecule has 0 aliphatic heterocycles. The number of hydrogen-bond donors (Lipinski definition) is 2. The van der Waals surface area contributed by atoms with Crippen molar-refractivity contribution in [1.29, 1.82) is 0 Å². The summed E-state index contributed by atoms with van der Waals surface area (Å²) in [5.74, 6) is 0. The maximum absolute atomic E-state index is 9.98. The average Bonchev–Trinajstić information content (AvgIpc) is 2.62. The maximum atomic E-state index is 9.98. The minimum absolute atomic E-state index is 0.180. The van der Waals surface area contributed by atoms with Gasteiger partial charge in [0.15, 0.2) is 0 Å². The summed E-state index contributed by atoms with van der Waals surface area (Å²) in [6.07, 6.45) is 20.2. The number of hydrogen-bond acceptors (Lipinski definition) is 3. The van der Waals surface area contributed by atoms with Crippen LogP contribution in [-0.2, 0) is 0 Å². The Bertz CT molecular complexity index is 271. The van der Waals surface area contributed by atoms with Crippen LogP contribution in [0.1, 0.15) is 96.8 Å². The fourth-order valence-corrected chi connectivity index (χ4v) is 3.14. The molecule has 0 bridgehead atoms. The second kappa shape index (κ2) is 19.8. The molecule has 3 nitrogen and oxygen atoms in total. The van der Waals surface area contributed by atoms with Gasteiger partial charge in [0.2, 0.25) is 0 Å². The zero-order chi connectivity index (χ0) is 18.6. The molecule has 0 heterocycles. The van der Waals surface area contributed by atoms with Crippen molar-refractivity contribution < 1.29 is 5.11 Å². The SMILES string of the molecule is C=CN(C)CCCNCC(O)CCCCCCCCCCCCCC. The molecule has 0 spiro atoms. The van der Waals surface area contributed by atoms with Crippen molar-refractivity contribution >= 4 is 0 Å². The molecule has 0 aliphatic rings. The normalized spacial score (nSPS) is 12.3. The zero-order valence-corrected chi connectivity index (χ0v) is 17.3. The molecule has 0 radical (unpaired) electrons. The van der Waals surface area contributed by atoms with E-state index in [1.165, 1.54) is 77.0 Å². The topological polar surface area (TPSA) is 35.5 Å². The molecule has 1 unspecified atom stereocenters. The third-order valence-corrected chi connectivity index (χ3v) is 4.95. The Morgan fingerprint density at radius 3 is 1.92 bits per heavy atom. The first-order chi connectivity index (χ1) is 12.2. The molecule has 0 aliphatic carbocycles. The highest BCUT2D eigenvalue weighted by Gasteiger charge is 2.03. The van der Waals surface area contributed by atoms with Gasteiger partial charge in [-0.2, -0.15) is 0 Å². The van der Waals surface area contributed by atoms with Crippen molar-refractivity contribution in [1.82, 2.24) is 10.2 Å². The van der Waals surface area contributed by atoms with Gasteiger partial charge in [-0.15, -0.1) is 0 Å². The summed E-state index contributed by atoms with van der Waals surface area (Å²) in [4.78, 5) is 2.09. The largest absolute Gasteiger partial charge is 0.392 e. The van der Waals surface area contributed by atoms with Gasteiger partial charge in [-0.3, -0.25) is 0 Å². The smallest absolute Gasteiger partial charge is 0.0664 e.